The predicted molar refractivity (Wildman–Crippen MR) is 68.3 cm³/mol. The van der Waals surface area contributed by atoms with Gasteiger partial charge < -0.3 is 15.7 Å². The standard InChI is InChI=1S/C13H16N2O4/c1-9-3-2-4-10(5-9)6-12(17)15(7-11(14)16)8-13(18)19/h2-5H,6-8H2,1H3,(H2,14,16)(H,18,19). The number of carboxylic acid groups (broad SMARTS) is 1. The van der Waals surface area contributed by atoms with Gasteiger partial charge in [-0.2, -0.15) is 0 Å². The van der Waals surface area contributed by atoms with E-state index in [0.29, 0.717) is 0 Å². The van der Waals surface area contributed by atoms with Crippen LogP contribution in [0.25, 0.3) is 0 Å². The molecule has 0 atom stereocenters. The van der Waals surface area contributed by atoms with Gasteiger partial charge in [0.1, 0.15) is 6.54 Å². The molecule has 0 aliphatic rings. The van der Waals surface area contributed by atoms with Gasteiger partial charge in [0.25, 0.3) is 0 Å². The third kappa shape index (κ3) is 5.20. The fraction of sp³-hybridized carbons (Fsp3) is 0.308. The van der Waals surface area contributed by atoms with E-state index >= 15 is 0 Å². The van der Waals surface area contributed by atoms with Crippen molar-refractivity contribution in [2.45, 2.75) is 13.3 Å². The molecule has 0 heterocycles. The van der Waals surface area contributed by atoms with Crippen LogP contribution in [-0.2, 0) is 20.8 Å². The maximum Gasteiger partial charge on any atom is 0.323 e. The summed E-state index contributed by atoms with van der Waals surface area (Å²) in [5, 5.41) is 8.71. The van der Waals surface area contributed by atoms with E-state index in [2.05, 4.69) is 0 Å². The second-order valence-corrected chi connectivity index (χ2v) is 4.28. The first-order valence-corrected chi connectivity index (χ1v) is 5.72. The van der Waals surface area contributed by atoms with E-state index in [1.54, 1.807) is 6.07 Å². The van der Waals surface area contributed by atoms with Crippen LogP contribution in [0.1, 0.15) is 11.1 Å². The summed E-state index contributed by atoms with van der Waals surface area (Å²) < 4.78 is 0. The lowest BCUT2D eigenvalue weighted by atomic mass is 10.1. The average Bonchev–Trinajstić information content (AvgIpc) is 2.26. The van der Waals surface area contributed by atoms with Gasteiger partial charge in [0, 0.05) is 0 Å². The van der Waals surface area contributed by atoms with E-state index in [4.69, 9.17) is 10.8 Å². The highest BCUT2D eigenvalue weighted by Gasteiger charge is 2.18. The maximum atomic E-state index is 11.9. The van der Waals surface area contributed by atoms with Crippen LogP contribution < -0.4 is 5.73 Å². The molecule has 0 saturated heterocycles. The van der Waals surface area contributed by atoms with Crippen molar-refractivity contribution in [1.29, 1.82) is 0 Å². The van der Waals surface area contributed by atoms with Crippen LogP contribution in [0.4, 0.5) is 0 Å². The molecule has 102 valence electrons. The van der Waals surface area contributed by atoms with Crippen LogP contribution in [0.3, 0.4) is 0 Å². The Hall–Kier alpha value is -2.37. The average molecular weight is 264 g/mol. The van der Waals surface area contributed by atoms with Crippen molar-refractivity contribution in [3.8, 4) is 0 Å². The predicted octanol–water partition coefficient (Wildman–Crippen LogP) is -0.0640. The van der Waals surface area contributed by atoms with Crippen LogP contribution in [0.2, 0.25) is 0 Å². The SMILES string of the molecule is Cc1cccc(CC(=O)N(CC(N)=O)CC(=O)O)c1. The Bertz CT molecular complexity index is 483. The molecule has 1 aromatic carbocycles. The molecule has 19 heavy (non-hydrogen) atoms. The number of carbonyl (C=O) groups is 3. The molecule has 0 bridgehead atoms. The van der Waals surface area contributed by atoms with Crippen LogP contribution in [-0.4, -0.2) is 40.9 Å². The lowest BCUT2D eigenvalue weighted by molar-refractivity contribution is -0.145. The summed E-state index contributed by atoms with van der Waals surface area (Å²) in [4.78, 5) is 34.4. The third-order valence-electron chi connectivity index (χ3n) is 2.46. The summed E-state index contributed by atoms with van der Waals surface area (Å²) in [5.41, 5.74) is 6.77. The van der Waals surface area contributed by atoms with Gasteiger partial charge in [-0.1, -0.05) is 29.8 Å². The second-order valence-electron chi connectivity index (χ2n) is 4.28. The molecule has 0 saturated carbocycles. The first-order chi connectivity index (χ1) is 8.88. The fourth-order valence-electron chi connectivity index (χ4n) is 1.69. The molecule has 0 radical (unpaired) electrons. The zero-order chi connectivity index (χ0) is 14.4. The number of carbonyl (C=O) groups excluding carboxylic acids is 2. The van der Waals surface area contributed by atoms with E-state index in [1.807, 2.05) is 25.1 Å². The van der Waals surface area contributed by atoms with Gasteiger partial charge in [-0.15, -0.1) is 0 Å². The topological polar surface area (TPSA) is 101 Å². The summed E-state index contributed by atoms with van der Waals surface area (Å²) in [6.07, 6.45) is 0.0439. The Morgan fingerprint density at radius 1 is 1.26 bits per heavy atom. The highest BCUT2D eigenvalue weighted by Crippen LogP contribution is 2.06. The molecule has 0 aliphatic heterocycles. The highest BCUT2D eigenvalue weighted by atomic mass is 16.4. The molecular weight excluding hydrogens is 248 g/mol. The minimum absolute atomic E-state index is 0.0439. The van der Waals surface area contributed by atoms with Gasteiger partial charge >= 0.3 is 5.97 Å². The van der Waals surface area contributed by atoms with Gasteiger partial charge in [-0.05, 0) is 12.5 Å². The van der Waals surface area contributed by atoms with Gasteiger partial charge in [-0.25, -0.2) is 0 Å². The molecule has 6 heteroatoms. The normalized spacial score (nSPS) is 9.95. The largest absolute Gasteiger partial charge is 0.480 e. The number of rotatable bonds is 6. The lowest BCUT2D eigenvalue weighted by Crippen LogP contribution is -2.42. The molecule has 0 unspecified atom stereocenters. The number of nitrogens with zero attached hydrogens (tertiary/aromatic N) is 1. The van der Waals surface area contributed by atoms with Gasteiger partial charge in [0.15, 0.2) is 0 Å². The molecule has 3 N–H and O–H groups in total. The van der Waals surface area contributed by atoms with E-state index in [-0.39, 0.29) is 6.42 Å². The van der Waals surface area contributed by atoms with Crippen molar-refractivity contribution in [1.82, 2.24) is 4.90 Å². The van der Waals surface area contributed by atoms with Crippen molar-refractivity contribution >= 4 is 17.8 Å². The first-order valence-electron chi connectivity index (χ1n) is 5.72. The van der Waals surface area contributed by atoms with Crippen molar-refractivity contribution in [3.63, 3.8) is 0 Å². The lowest BCUT2D eigenvalue weighted by Gasteiger charge is -2.19. The molecular formula is C13H16N2O4. The van der Waals surface area contributed by atoms with Crippen LogP contribution in [0.15, 0.2) is 24.3 Å². The highest BCUT2D eigenvalue weighted by molar-refractivity contribution is 5.87. The number of nitrogens with two attached hydrogens (primary N) is 1. The van der Waals surface area contributed by atoms with Gasteiger partial charge in [0.05, 0.1) is 13.0 Å². The summed E-state index contributed by atoms with van der Waals surface area (Å²) in [6, 6.07) is 7.31. The Balaban J connectivity index is 2.76. The summed E-state index contributed by atoms with van der Waals surface area (Å²) in [5.74, 6) is -2.36. The summed E-state index contributed by atoms with van der Waals surface area (Å²) >= 11 is 0. The number of aliphatic carboxylic acids is 1. The van der Waals surface area contributed by atoms with Crippen LogP contribution >= 0.6 is 0 Å². The minimum atomic E-state index is -1.18. The molecule has 0 spiro atoms. The Labute approximate surface area is 110 Å². The summed E-state index contributed by atoms with van der Waals surface area (Å²) in [7, 11) is 0. The quantitative estimate of drug-likeness (QED) is 0.751. The molecule has 0 aromatic heterocycles. The van der Waals surface area contributed by atoms with E-state index in [0.717, 1.165) is 16.0 Å². The number of hydrogen-bond acceptors (Lipinski definition) is 3. The second kappa shape index (κ2) is 6.53. The Morgan fingerprint density at radius 3 is 2.47 bits per heavy atom. The molecule has 0 fully saturated rings. The number of carboxylic acids is 1. The van der Waals surface area contributed by atoms with Crippen molar-refractivity contribution in [2.24, 2.45) is 5.73 Å². The molecule has 0 aliphatic carbocycles. The molecule has 1 aromatic rings. The zero-order valence-corrected chi connectivity index (χ0v) is 10.6. The number of aryl methyl sites for hydroxylation is 1. The number of primary amides is 1. The number of benzene rings is 1. The van der Waals surface area contributed by atoms with Gasteiger partial charge in [-0.3, -0.25) is 14.4 Å². The van der Waals surface area contributed by atoms with Crippen LogP contribution in [0.5, 0.6) is 0 Å². The van der Waals surface area contributed by atoms with Gasteiger partial charge in [0.2, 0.25) is 11.8 Å². The van der Waals surface area contributed by atoms with Crippen molar-refractivity contribution < 1.29 is 19.5 Å². The number of amides is 2. The molecule has 1 rings (SSSR count). The Morgan fingerprint density at radius 2 is 1.95 bits per heavy atom. The maximum absolute atomic E-state index is 11.9. The minimum Gasteiger partial charge on any atom is -0.480 e. The molecule has 6 nitrogen and oxygen atoms in total. The van der Waals surface area contributed by atoms with E-state index in [9.17, 15) is 14.4 Å². The first kappa shape index (κ1) is 14.7. The van der Waals surface area contributed by atoms with Crippen molar-refractivity contribution in [2.75, 3.05) is 13.1 Å². The van der Waals surface area contributed by atoms with E-state index in [1.165, 1.54) is 0 Å². The number of hydrogen-bond donors (Lipinski definition) is 2. The van der Waals surface area contributed by atoms with Crippen molar-refractivity contribution in [3.05, 3.63) is 35.4 Å². The molecule has 2 amide bonds. The summed E-state index contributed by atoms with van der Waals surface area (Å²) in [6.45, 7) is 0.969. The monoisotopic (exact) mass is 264 g/mol. The Kier molecular flexibility index (Phi) is 5.05. The zero-order valence-electron chi connectivity index (χ0n) is 10.6. The fourth-order valence-corrected chi connectivity index (χ4v) is 1.69. The van der Waals surface area contributed by atoms with E-state index < -0.39 is 30.9 Å². The van der Waals surface area contributed by atoms with Crippen LogP contribution in [0, 0.1) is 6.92 Å². The third-order valence-corrected chi connectivity index (χ3v) is 2.46. The smallest absolute Gasteiger partial charge is 0.323 e.